The third-order valence-electron chi connectivity index (χ3n) is 6.56. The molecule has 0 aliphatic rings. The van der Waals surface area contributed by atoms with Crippen LogP contribution in [-0.2, 0) is 22.6 Å². The lowest BCUT2D eigenvalue weighted by Gasteiger charge is -2.33. The van der Waals surface area contributed by atoms with Gasteiger partial charge < -0.3 is 32.7 Å². The molecule has 3 aromatic carbocycles. The highest BCUT2D eigenvalue weighted by Gasteiger charge is 2.34. The minimum absolute atomic E-state index is 0.164. The smallest absolute Gasteiger partial charge is 0.312 e. The fourth-order valence-corrected chi connectivity index (χ4v) is 4.58. The maximum Gasteiger partial charge on any atom is 0.312 e. The van der Waals surface area contributed by atoms with Crippen LogP contribution in [0.15, 0.2) is 84.9 Å². The third kappa shape index (κ3) is 8.87. The summed E-state index contributed by atoms with van der Waals surface area (Å²) < 4.78 is 0. The topological polar surface area (TPSA) is 180 Å². The van der Waals surface area contributed by atoms with Crippen molar-refractivity contribution in [1.29, 1.82) is 5.41 Å². The Morgan fingerprint density at radius 1 is 0.750 bits per heavy atom. The molecule has 1 atom stereocenters. The Morgan fingerprint density at radius 2 is 1.30 bits per heavy atom. The molecule has 10 heteroatoms. The average molecular weight is 544 g/mol. The van der Waals surface area contributed by atoms with Crippen molar-refractivity contribution >= 4 is 23.8 Å². The predicted molar refractivity (Wildman–Crippen MR) is 155 cm³/mol. The van der Waals surface area contributed by atoms with Crippen molar-refractivity contribution in [1.82, 2.24) is 15.5 Å². The minimum atomic E-state index is -0.879. The minimum Gasteiger partial charge on any atom is -0.370 e. The molecule has 0 heterocycles. The lowest BCUT2D eigenvalue weighted by molar-refractivity contribution is -0.141. The lowest BCUT2D eigenvalue weighted by Crippen LogP contribution is -2.49. The van der Waals surface area contributed by atoms with Crippen LogP contribution in [0, 0.1) is 5.41 Å². The number of hydrogen-bond acceptors (Lipinski definition) is 4. The van der Waals surface area contributed by atoms with Crippen LogP contribution in [-0.4, -0.2) is 47.8 Å². The summed E-state index contributed by atoms with van der Waals surface area (Å²) in [6.07, 6.45) is 1.38. The first-order valence-corrected chi connectivity index (χ1v) is 13.1. The molecule has 0 bridgehead atoms. The third-order valence-corrected chi connectivity index (χ3v) is 6.56. The number of carbonyl (C=O) groups excluding carboxylic acids is 3. The highest BCUT2D eigenvalue weighted by molar-refractivity contribution is 5.92. The molecule has 0 saturated heterocycles. The van der Waals surface area contributed by atoms with Gasteiger partial charge >= 0.3 is 6.03 Å². The van der Waals surface area contributed by atoms with Crippen LogP contribution in [0.5, 0.6) is 0 Å². The zero-order valence-electron chi connectivity index (χ0n) is 22.4. The summed E-state index contributed by atoms with van der Waals surface area (Å²) in [5.74, 6) is -1.65. The Hall–Kier alpha value is -4.86. The van der Waals surface area contributed by atoms with Gasteiger partial charge in [-0.15, -0.1) is 0 Å². The number of rotatable bonds is 14. The monoisotopic (exact) mass is 543 g/mol. The van der Waals surface area contributed by atoms with Crippen LogP contribution in [0.3, 0.4) is 0 Å². The Kier molecular flexibility index (Phi) is 11.1. The lowest BCUT2D eigenvalue weighted by atomic mass is 9.89. The highest BCUT2D eigenvalue weighted by atomic mass is 16.2. The molecule has 0 unspecified atom stereocenters. The van der Waals surface area contributed by atoms with Crippen molar-refractivity contribution in [2.24, 2.45) is 17.2 Å². The van der Waals surface area contributed by atoms with E-state index in [1.54, 1.807) is 4.90 Å². The van der Waals surface area contributed by atoms with E-state index in [4.69, 9.17) is 22.6 Å². The second-order valence-electron chi connectivity index (χ2n) is 9.48. The average Bonchev–Trinajstić information content (AvgIpc) is 2.93. The first kappa shape index (κ1) is 29.7. The number of carbonyl (C=O) groups is 3. The van der Waals surface area contributed by atoms with Gasteiger partial charge in [0.05, 0.1) is 5.92 Å². The van der Waals surface area contributed by atoms with Crippen LogP contribution in [0.25, 0.3) is 0 Å². The first-order chi connectivity index (χ1) is 19.3. The Morgan fingerprint density at radius 3 is 1.80 bits per heavy atom. The van der Waals surface area contributed by atoms with Crippen molar-refractivity contribution < 1.29 is 14.4 Å². The number of nitrogens with two attached hydrogens (primary N) is 3. The fraction of sp³-hybridized carbons (Fsp3) is 0.267. The quantitative estimate of drug-likeness (QED) is 0.103. The maximum absolute atomic E-state index is 14.4. The van der Waals surface area contributed by atoms with E-state index in [0.717, 1.165) is 22.3 Å². The number of urea groups is 1. The van der Waals surface area contributed by atoms with Gasteiger partial charge in [0, 0.05) is 19.6 Å². The summed E-state index contributed by atoms with van der Waals surface area (Å²) in [5.41, 5.74) is 19.9. The Labute approximate surface area is 234 Å². The molecule has 0 radical (unpaired) electrons. The zero-order chi connectivity index (χ0) is 28.9. The van der Waals surface area contributed by atoms with Crippen molar-refractivity contribution in [2.45, 2.75) is 37.8 Å². The second kappa shape index (κ2) is 14.9. The van der Waals surface area contributed by atoms with Crippen molar-refractivity contribution in [2.75, 3.05) is 13.1 Å². The summed E-state index contributed by atoms with van der Waals surface area (Å²) in [5, 5.41) is 12.7. The number of nitrogens with one attached hydrogen (secondary N) is 3. The molecule has 0 aliphatic heterocycles. The van der Waals surface area contributed by atoms with E-state index < -0.39 is 23.9 Å². The molecule has 4 amide bonds. The van der Waals surface area contributed by atoms with E-state index in [9.17, 15) is 14.4 Å². The first-order valence-electron chi connectivity index (χ1n) is 13.1. The summed E-state index contributed by atoms with van der Waals surface area (Å²) in [6, 6.07) is 25.1. The van der Waals surface area contributed by atoms with E-state index in [2.05, 4.69) is 10.6 Å². The molecule has 40 heavy (non-hydrogen) atoms. The van der Waals surface area contributed by atoms with Crippen molar-refractivity contribution in [3.05, 3.63) is 107 Å². The molecule has 210 valence electrons. The number of guanidine groups is 1. The molecular weight excluding hydrogens is 506 g/mol. The molecular formula is C30H37N7O3. The molecule has 3 rings (SSSR count). The van der Waals surface area contributed by atoms with Gasteiger partial charge in [-0.2, -0.15) is 0 Å². The summed E-state index contributed by atoms with van der Waals surface area (Å²) in [6.45, 7) is 0.950. The summed E-state index contributed by atoms with van der Waals surface area (Å²) in [7, 11) is 0. The molecule has 0 saturated carbocycles. The van der Waals surface area contributed by atoms with Crippen LogP contribution >= 0.6 is 0 Å². The van der Waals surface area contributed by atoms with Crippen LogP contribution in [0.1, 0.15) is 41.0 Å². The largest absolute Gasteiger partial charge is 0.370 e. The Balaban J connectivity index is 1.94. The highest BCUT2D eigenvalue weighted by Crippen LogP contribution is 2.29. The van der Waals surface area contributed by atoms with Crippen LogP contribution in [0.2, 0.25) is 0 Å². The predicted octanol–water partition coefficient (Wildman–Crippen LogP) is 2.18. The summed E-state index contributed by atoms with van der Waals surface area (Å²) >= 11 is 0. The van der Waals surface area contributed by atoms with Gasteiger partial charge in [0.2, 0.25) is 11.8 Å². The van der Waals surface area contributed by atoms with Gasteiger partial charge in [-0.25, -0.2) is 4.79 Å². The normalized spacial score (nSPS) is 11.4. The number of amides is 4. The number of primary amides is 2. The van der Waals surface area contributed by atoms with E-state index >= 15 is 0 Å². The Bertz CT molecular complexity index is 1230. The molecule has 9 N–H and O–H groups in total. The molecule has 0 fully saturated rings. The van der Waals surface area contributed by atoms with Crippen molar-refractivity contribution in [3.63, 3.8) is 0 Å². The van der Waals surface area contributed by atoms with Gasteiger partial charge in [0.15, 0.2) is 5.96 Å². The number of hydrogen-bond donors (Lipinski definition) is 6. The van der Waals surface area contributed by atoms with E-state index in [1.807, 2.05) is 84.9 Å². The van der Waals surface area contributed by atoms with Crippen LogP contribution in [0.4, 0.5) is 4.79 Å². The van der Waals surface area contributed by atoms with Gasteiger partial charge in [-0.1, -0.05) is 84.9 Å². The van der Waals surface area contributed by atoms with E-state index in [-0.39, 0.29) is 18.4 Å². The number of nitrogens with zero attached hydrogens (tertiary/aromatic N) is 1. The second-order valence-corrected chi connectivity index (χ2v) is 9.48. The van der Waals surface area contributed by atoms with E-state index in [1.165, 1.54) is 0 Å². The maximum atomic E-state index is 14.4. The van der Waals surface area contributed by atoms with Gasteiger partial charge in [0.1, 0.15) is 6.04 Å². The van der Waals surface area contributed by atoms with Gasteiger partial charge in [-0.3, -0.25) is 15.0 Å². The zero-order valence-corrected chi connectivity index (χ0v) is 22.4. The molecule has 0 aliphatic carbocycles. The van der Waals surface area contributed by atoms with E-state index in [0.29, 0.717) is 32.4 Å². The SMILES string of the molecule is N=C(N)NCCC[C@H](C(N)=O)N(Cc1ccc(CCNC(N)=O)cc1)C(=O)C(c1ccccc1)c1ccccc1. The molecule has 10 nitrogen and oxygen atoms in total. The molecule has 0 spiro atoms. The van der Waals surface area contributed by atoms with Gasteiger partial charge in [-0.05, 0) is 41.5 Å². The standard InChI is InChI=1S/C30H37N7O3/c31-27(38)25(12-7-18-35-29(32)33)37(20-22-15-13-21(14-16-22)17-19-36-30(34)40)28(39)26(23-8-3-1-4-9-23)24-10-5-2-6-11-24/h1-6,8-11,13-16,25-26H,7,12,17-20H2,(H2,31,38)(H4,32,33,35)(H3,34,36,40)/t25-/m1/s1. The fourth-order valence-electron chi connectivity index (χ4n) is 4.58. The number of benzene rings is 3. The molecule has 0 aromatic heterocycles. The van der Waals surface area contributed by atoms with Gasteiger partial charge in [0.25, 0.3) is 0 Å². The molecule has 3 aromatic rings. The summed E-state index contributed by atoms with van der Waals surface area (Å²) in [4.78, 5) is 39.7. The van der Waals surface area contributed by atoms with Crippen molar-refractivity contribution in [3.8, 4) is 0 Å². The van der Waals surface area contributed by atoms with Crippen LogP contribution < -0.4 is 27.8 Å².